The number of alkyl carbamates (subject to hydrolysis) is 1. The summed E-state index contributed by atoms with van der Waals surface area (Å²) >= 11 is 5.30. The van der Waals surface area contributed by atoms with Crippen LogP contribution in [0.2, 0.25) is 0 Å². The van der Waals surface area contributed by atoms with Crippen molar-refractivity contribution in [2.75, 3.05) is 96.0 Å². The average molecular weight is 1640 g/mol. The van der Waals surface area contributed by atoms with Gasteiger partial charge in [0.05, 0.1) is 75.4 Å². The summed E-state index contributed by atoms with van der Waals surface area (Å²) < 4.78 is 163. The summed E-state index contributed by atoms with van der Waals surface area (Å²) in [6, 6.07) is 8.77. The maximum absolute atomic E-state index is 13.3. The van der Waals surface area contributed by atoms with E-state index < -0.39 is 135 Å². The number of carbonyl (C=O) groups excluding carboxylic acids is 3. The Morgan fingerprint density at radius 3 is 2.21 bits per heavy atom. The molecule has 0 bridgehead atoms. The molecule has 578 valence electrons. The number of hydrogen-bond donors (Lipinski definition) is 11. The summed E-state index contributed by atoms with van der Waals surface area (Å²) in [7, 11) is -21.5. The number of anilines is 2. The maximum atomic E-state index is 13.3. The van der Waals surface area contributed by atoms with Gasteiger partial charge in [-0.25, -0.2) is 33.1 Å². The number of Topliss-reactive ketones (excluding diaryl/α,β-unsaturated/α-hetero) is 1. The number of ether oxygens (including phenoxy) is 7. The first-order valence-electron chi connectivity index (χ1n) is 31.2. The van der Waals surface area contributed by atoms with E-state index in [0.717, 1.165) is 29.9 Å². The molecule has 0 radical (unpaired) electrons. The minimum absolute atomic E-state index is 0.0107. The first-order valence-corrected chi connectivity index (χ1v) is 43.4. The van der Waals surface area contributed by atoms with Gasteiger partial charge in [-0.2, -0.15) is 30.4 Å². The third kappa shape index (κ3) is 28.5. The lowest BCUT2D eigenvalue weighted by atomic mass is 9.88. The Morgan fingerprint density at radius 2 is 1.57 bits per heavy atom. The minimum atomic E-state index is -5.75. The molecule has 1 aliphatic carbocycles. The number of hydrogen-bond acceptors (Lipinski definition) is 29. The number of nitrogens with two attached hydrogens (primary N) is 2. The van der Waals surface area contributed by atoms with Gasteiger partial charge in [-0.05, 0) is 92.4 Å². The number of amides is 1. The van der Waals surface area contributed by atoms with Crippen LogP contribution in [-0.2, 0) is 106 Å². The fourth-order valence-electron chi connectivity index (χ4n) is 9.71. The Hall–Kier alpha value is -5.65. The summed E-state index contributed by atoms with van der Waals surface area (Å²) in [6.45, 7) is 9.60. The number of nitrogen functional groups attached to an aromatic ring is 2. The molecule has 1 amide bonds. The minimum Gasteiger partial charge on any atom is -0.478 e. The van der Waals surface area contributed by atoms with Crippen molar-refractivity contribution in [3.8, 4) is 34.3 Å². The lowest BCUT2D eigenvalue weighted by Crippen LogP contribution is -2.72. The van der Waals surface area contributed by atoms with E-state index in [0.29, 0.717) is 24.7 Å². The Morgan fingerprint density at radius 1 is 0.885 bits per heavy atom. The average Bonchev–Trinajstić information content (AvgIpc) is 0.860. The SMILES string of the molecule is CCCC(C)(C)SSCOCCCCOC(=O)CCC#Cc1cn([C@H]2C[C@H](OCS(=S)CC)[C@@H](COP(=O)(O)OP(=O)(O)OP(=O)(O)O)O2)c(=O)nc1N.C[NH+]=c1ccc2c(-c3cc(C(=O)CCCOCCOCCNC(=O)OC)ccc3C(=O)O)c3ccc(N)c(S(=O)(=O)O)c3oc-2c1S(=O)(=O)O. The van der Waals surface area contributed by atoms with Crippen molar-refractivity contribution in [2.45, 2.75) is 118 Å². The summed E-state index contributed by atoms with van der Waals surface area (Å²) in [5, 5.41) is 12.4. The van der Waals surface area contributed by atoms with Gasteiger partial charge >= 0.3 is 57.3 Å². The predicted molar refractivity (Wildman–Crippen MR) is 382 cm³/mol. The van der Waals surface area contributed by atoms with Crippen LogP contribution in [0.3, 0.4) is 0 Å². The molecular weight excluding hydrogens is 1560 g/mol. The molecule has 1 aromatic heterocycles. The molecule has 2 aliphatic heterocycles. The number of unbranched alkanes of at least 4 members (excludes halogenated alkanes) is 1. The molecule has 3 unspecified atom stereocenters. The Labute approximate surface area is 612 Å². The second-order valence-corrected chi connectivity index (χ2v) is 35.8. The van der Waals surface area contributed by atoms with Crippen LogP contribution in [0.15, 0.2) is 67.7 Å². The molecule has 0 spiro atoms. The zero-order valence-corrected chi connectivity index (χ0v) is 64.4. The highest BCUT2D eigenvalue weighted by Gasteiger charge is 2.44. The first kappa shape index (κ1) is 89.0. The number of fused-ring (bicyclic) bond motifs is 2. The van der Waals surface area contributed by atoms with Crippen LogP contribution in [-0.4, -0.2) is 186 Å². The number of phosphoric ester groups is 1. The molecule has 36 nitrogen and oxygen atoms in total. The number of aromatic carboxylic acids is 1. The standard InChI is InChI=1S/C31H33N3O14S2.C28H48N3O16P3S4/c1-33-23-10-8-20-25(19-7-9-22(32)28(49(39,40)41)26(19)48-27(20)29(23)50(42,43)44)21-16-17(5-6-18(21)30(36)37)24(35)4-3-12-46-14-15-47-13-11-34-31(38)45-2;1-5-13-28(3,4)53-52-19-41-14-9-10-15-42-25(32)12-8-7-11-21-17-31(27(33)30-26(21)29)24-16-22(43-20-54(51)6-2)23(45-24)18-44-49(37,38)47-50(39,40)46-48(34,35)36/h5-10,16H,3-4,11-15,32H2,1-2H3,(H,34,38)(H,36,37)(H,39,40,41)(H,42,43,44);17,22-24H,5-6,8-10,12-16,18-20H2,1-4H3,(H,37,38)(H,39,40)(H2,29,30,33)(H2,34,35,36)/p+1/t;22-,23+,24+,54?/m.0/s1. The van der Waals surface area contributed by atoms with E-state index in [2.05, 4.69) is 61.3 Å². The van der Waals surface area contributed by atoms with Gasteiger partial charge in [0.25, 0.3) is 10.1 Å². The van der Waals surface area contributed by atoms with Crippen molar-refractivity contribution in [3.63, 3.8) is 0 Å². The summed E-state index contributed by atoms with van der Waals surface area (Å²) in [5.41, 5.74) is 9.45. The number of carbonyl (C=O) groups is 4. The molecule has 1 saturated heterocycles. The van der Waals surface area contributed by atoms with E-state index in [1.54, 1.807) is 10.8 Å². The van der Waals surface area contributed by atoms with Gasteiger partial charge in [0.1, 0.15) is 31.1 Å². The lowest BCUT2D eigenvalue weighted by Gasteiger charge is -2.22. The van der Waals surface area contributed by atoms with Gasteiger partial charge in [0, 0.05) is 78.1 Å². The summed E-state index contributed by atoms with van der Waals surface area (Å²) in [4.78, 5) is 103. The molecule has 104 heavy (non-hydrogen) atoms. The fraction of sp³-hybridized carbons (Fsp3) is 0.508. The zero-order chi connectivity index (χ0) is 77.4. The van der Waals surface area contributed by atoms with Crippen molar-refractivity contribution in [1.29, 1.82) is 0 Å². The number of aromatic nitrogens is 2. The number of phosphoric acid groups is 3. The Balaban J connectivity index is 0.000000375. The number of methoxy groups -OCH3 is 1. The quantitative estimate of drug-likeness (QED) is 0.00228. The van der Waals surface area contributed by atoms with Crippen molar-refractivity contribution in [2.24, 2.45) is 0 Å². The third-order valence-corrected chi connectivity index (χ3v) is 25.0. The molecule has 13 N–H and O–H groups in total. The van der Waals surface area contributed by atoms with Crippen molar-refractivity contribution < 1.29 is 139 Å². The van der Waals surface area contributed by atoms with Crippen molar-refractivity contribution in [3.05, 3.63) is 81.2 Å². The molecule has 1 fully saturated rings. The molecule has 2 aromatic carbocycles. The van der Waals surface area contributed by atoms with E-state index in [1.807, 2.05) is 17.7 Å². The number of ketones is 1. The molecule has 6 rings (SSSR count). The maximum Gasteiger partial charge on any atom is 0.490 e. The van der Waals surface area contributed by atoms with Gasteiger partial charge in [-0.15, -0.1) is 0 Å². The number of nitrogens with one attached hydrogen (secondary N) is 2. The highest BCUT2D eigenvalue weighted by Crippen LogP contribution is 2.66. The van der Waals surface area contributed by atoms with Gasteiger partial charge in [-0.3, -0.25) is 27.8 Å². The van der Waals surface area contributed by atoms with Gasteiger partial charge in [-0.1, -0.05) is 69.2 Å². The van der Waals surface area contributed by atoms with E-state index in [1.165, 1.54) is 56.8 Å². The molecule has 6 atom stereocenters. The van der Waals surface area contributed by atoms with E-state index >= 15 is 0 Å². The zero-order valence-electron chi connectivity index (χ0n) is 56.9. The van der Waals surface area contributed by atoms with Crippen LogP contribution >= 0.6 is 45.1 Å². The number of carboxylic acids is 1. The van der Waals surface area contributed by atoms with E-state index in [-0.39, 0.29) is 132 Å². The van der Waals surface area contributed by atoms with Gasteiger partial charge in [0.2, 0.25) is 10.3 Å². The fourth-order valence-corrected chi connectivity index (χ4v) is 17.4. The normalized spacial score (nSPS) is 16.5. The third-order valence-electron chi connectivity index (χ3n) is 14.3. The van der Waals surface area contributed by atoms with Crippen LogP contribution in [0.4, 0.5) is 16.3 Å². The van der Waals surface area contributed by atoms with Crippen molar-refractivity contribution in [1.82, 2.24) is 14.9 Å². The largest absolute Gasteiger partial charge is 0.490 e. The highest BCUT2D eigenvalue weighted by molar-refractivity contribution is 8.77. The van der Waals surface area contributed by atoms with Crippen LogP contribution in [0.25, 0.3) is 33.4 Å². The van der Waals surface area contributed by atoms with Gasteiger partial charge in [0.15, 0.2) is 22.0 Å². The number of nitrogens with zero attached hydrogens (tertiary/aromatic N) is 2. The second-order valence-electron chi connectivity index (χ2n) is 22.6. The molecule has 3 heterocycles. The molecular formula is C59H82N6O30P3S6+. The smallest absolute Gasteiger partial charge is 0.478 e. The van der Waals surface area contributed by atoms with Crippen LogP contribution in [0.5, 0.6) is 0 Å². The summed E-state index contributed by atoms with van der Waals surface area (Å²) in [6.07, 6.45) is 1.61. The predicted octanol–water partition coefficient (Wildman–Crippen LogP) is 5.23. The molecule has 3 aliphatic rings. The van der Waals surface area contributed by atoms with Crippen molar-refractivity contribution >= 4 is 132 Å². The van der Waals surface area contributed by atoms with Crippen LogP contribution in [0, 0.1) is 11.8 Å². The monoisotopic (exact) mass is 1640 g/mol. The van der Waals surface area contributed by atoms with Gasteiger partial charge < -0.3 is 79.0 Å². The first-order chi connectivity index (χ1) is 48.7. The highest BCUT2D eigenvalue weighted by atomic mass is 33.1. The Kier molecular flexibility index (Phi) is 35.1. The lowest BCUT2D eigenvalue weighted by molar-refractivity contribution is -0.467. The van der Waals surface area contributed by atoms with Crippen LogP contribution < -0.4 is 32.8 Å². The van der Waals surface area contributed by atoms with E-state index in [4.69, 9.17) is 69.8 Å². The number of esters is 1. The van der Waals surface area contributed by atoms with Crippen LogP contribution in [0.1, 0.15) is 118 Å². The number of benzene rings is 3. The van der Waals surface area contributed by atoms with E-state index in [9.17, 15) is 78.5 Å². The number of rotatable bonds is 40. The summed E-state index contributed by atoms with van der Waals surface area (Å²) in [5.74, 6) is 3.82. The number of carboxylic acid groups (broad SMARTS) is 1. The molecule has 45 heteroatoms. The second kappa shape index (κ2) is 41.1. The Bertz CT molecular complexity index is 4430. The topological polar surface area (TPSA) is 548 Å². The molecule has 3 aromatic rings. The molecule has 0 saturated carbocycles.